The maximum absolute atomic E-state index is 4.31. The topological polar surface area (TPSA) is 31.9 Å². The second-order valence-corrected chi connectivity index (χ2v) is 4.49. The lowest BCUT2D eigenvalue weighted by Gasteiger charge is -2.20. The first-order chi connectivity index (χ1) is 8.38. The molecule has 0 spiro atoms. The molecule has 17 heavy (non-hydrogen) atoms. The van der Waals surface area contributed by atoms with E-state index in [0.717, 1.165) is 31.8 Å². The molecule has 0 amide bonds. The largest absolute Gasteiger partial charge is 0.363 e. The molecule has 0 unspecified atom stereocenters. The Morgan fingerprint density at radius 1 is 1.41 bits per heavy atom. The monoisotopic (exact) mass is 227 g/mol. The van der Waals surface area contributed by atoms with Gasteiger partial charge in [-0.05, 0) is 24.0 Å². The van der Waals surface area contributed by atoms with Gasteiger partial charge >= 0.3 is 0 Å². The molecule has 0 saturated heterocycles. The van der Waals surface area contributed by atoms with Crippen LogP contribution < -0.4 is 4.90 Å². The van der Waals surface area contributed by atoms with Crippen molar-refractivity contribution in [1.29, 1.82) is 0 Å². The average Bonchev–Trinajstić information content (AvgIpc) is 2.99. The molecule has 1 aliphatic rings. The predicted octanol–water partition coefficient (Wildman–Crippen LogP) is 2.53. The van der Waals surface area contributed by atoms with E-state index < -0.39 is 0 Å². The van der Waals surface area contributed by atoms with Gasteiger partial charge in [0.05, 0.1) is 6.54 Å². The number of imidazole rings is 1. The van der Waals surface area contributed by atoms with Crippen LogP contribution in [0.5, 0.6) is 0 Å². The fraction of sp³-hybridized carbons (Fsp3) is 0.357. The number of rotatable bonds is 3. The number of aromatic nitrogens is 2. The fourth-order valence-corrected chi connectivity index (χ4v) is 2.63. The number of aromatic amines is 1. The third kappa shape index (κ3) is 1.82. The predicted molar refractivity (Wildman–Crippen MR) is 69.2 cm³/mol. The zero-order chi connectivity index (χ0) is 11.7. The van der Waals surface area contributed by atoms with Gasteiger partial charge in [0.25, 0.3) is 0 Å². The minimum absolute atomic E-state index is 0.886. The lowest BCUT2D eigenvalue weighted by atomic mass is 10.1. The molecule has 2 aromatic rings. The number of H-pyrrole nitrogens is 1. The van der Waals surface area contributed by atoms with Gasteiger partial charge in [0, 0.05) is 24.6 Å². The number of para-hydroxylation sites is 1. The lowest BCUT2D eigenvalue weighted by molar-refractivity contribution is 0.794. The summed E-state index contributed by atoms with van der Waals surface area (Å²) >= 11 is 0. The van der Waals surface area contributed by atoms with E-state index in [1.165, 1.54) is 16.8 Å². The van der Waals surface area contributed by atoms with Gasteiger partial charge in [-0.3, -0.25) is 0 Å². The Hall–Kier alpha value is -1.77. The molecule has 0 radical (unpaired) electrons. The highest BCUT2D eigenvalue weighted by molar-refractivity contribution is 5.63. The number of anilines is 1. The van der Waals surface area contributed by atoms with Crippen LogP contribution in [0.25, 0.3) is 0 Å². The fourth-order valence-electron chi connectivity index (χ4n) is 2.63. The SMILES string of the molecule is CCc1cccc2c1N(Cc1ncc[nH]1)CC2. The maximum Gasteiger partial charge on any atom is 0.125 e. The molecule has 0 saturated carbocycles. The number of nitrogens with zero attached hydrogens (tertiary/aromatic N) is 2. The number of aryl methyl sites for hydroxylation is 1. The van der Waals surface area contributed by atoms with Crippen LogP contribution in [0.2, 0.25) is 0 Å². The molecule has 1 aromatic carbocycles. The summed E-state index contributed by atoms with van der Waals surface area (Å²) in [5, 5.41) is 0. The van der Waals surface area contributed by atoms with E-state index in [4.69, 9.17) is 0 Å². The molecule has 0 fully saturated rings. The first-order valence-electron chi connectivity index (χ1n) is 6.22. The Morgan fingerprint density at radius 3 is 3.12 bits per heavy atom. The van der Waals surface area contributed by atoms with E-state index >= 15 is 0 Å². The van der Waals surface area contributed by atoms with Crippen LogP contribution in [-0.4, -0.2) is 16.5 Å². The molecule has 3 nitrogen and oxygen atoms in total. The van der Waals surface area contributed by atoms with Crippen molar-refractivity contribution in [3.8, 4) is 0 Å². The lowest BCUT2D eigenvalue weighted by Crippen LogP contribution is -2.21. The van der Waals surface area contributed by atoms with Crippen LogP contribution >= 0.6 is 0 Å². The van der Waals surface area contributed by atoms with E-state index in [1.807, 2.05) is 12.4 Å². The highest BCUT2D eigenvalue weighted by Gasteiger charge is 2.21. The van der Waals surface area contributed by atoms with Gasteiger partial charge in [-0.15, -0.1) is 0 Å². The van der Waals surface area contributed by atoms with Crippen molar-refractivity contribution in [2.24, 2.45) is 0 Å². The van der Waals surface area contributed by atoms with Crippen LogP contribution in [-0.2, 0) is 19.4 Å². The summed E-state index contributed by atoms with van der Waals surface area (Å²) in [5.74, 6) is 1.05. The highest BCUT2D eigenvalue weighted by Crippen LogP contribution is 2.32. The minimum atomic E-state index is 0.886. The van der Waals surface area contributed by atoms with Crippen molar-refractivity contribution in [2.75, 3.05) is 11.4 Å². The first-order valence-corrected chi connectivity index (χ1v) is 6.22. The van der Waals surface area contributed by atoms with Gasteiger partial charge in [0.2, 0.25) is 0 Å². The summed E-state index contributed by atoms with van der Waals surface area (Å²) in [5.41, 5.74) is 4.37. The van der Waals surface area contributed by atoms with Crippen molar-refractivity contribution in [3.63, 3.8) is 0 Å². The van der Waals surface area contributed by atoms with Crippen LogP contribution in [0.15, 0.2) is 30.6 Å². The molecule has 2 heterocycles. The second kappa shape index (κ2) is 4.24. The van der Waals surface area contributed by atoms with Crippen molar-refractivity contribution >= 4 is 5.69 Å². The first kappa shape index (κ1) is 10.4. The Bertz CT molecular complexity index is 502. The standard InChI is InChI=1S/C14H17N3/c1-2-11-4-3-5-12-6-9-17(14(11)12)10-13-15-7-8-16-13/h3-5,7-8H,2,6,9-10H2,1H3,(H,15,16). The number of fused-ring (bicyclic) bond motifs is 1. The van der Waals surface area contributed by atoms with Crippen LogP contribution in [0.1, 0.15) is 23.9 Å². The van der Waals surface area contributed by atoms with Crippen molar-refractivity contribution in [3.05, 3.63) is 47.5 Å². The molecule has 3 heteroatoms. The summed E-state index contributed by atoms with van der Waals surface area (Å²) in [4.78, 5) is 9.93. The summed E-state index contributed by atoms with van der Waals surface area (Å²) in [6, 6.07) is 6.66. The van der Waals surface area contributed by atoms with Crippen LogP contribution in [0, 0.1) is 0 Å². The van der Waals surface area contributed by atoms with Gasteiger partial charge in [0.15, 0.2) is 0 Å². The molecule has 1 aromatic heterocycles. The average molecular weight is 227 g/mol. The van der Waals surface area contributed by atoms with Crippen LogP contribution in [0.3, 0.4) is 0 Å². The Kier molecular flexibility index (Phi) is 2.59. The van der Waals surface area contributed by atoms with Crippen LogP contribution in [0.4, 0.5) is 5.69 Å². The molecular weight excluding hydrogens is 210 g/mol. The summed E-state index contributed by atoms with van der Waals surface area (Å²) in [6.07, 6.45) is 5.96. The molecule has 0 aliphatic carbocycles. The minimum Gasteiger partial charge on any atom is -0.363 e. The van der Waals surface area contributed by atoms with E-state index in [-0.39, 0.29) is 0 Å². The third-order valence-corrected chi connectivity index (χ3v) is 3.45. The summed E-state index contributed by atoms with van der Waals surface area (Å²) < 4.78 is 0. The number of benzene rings is 1. The summed E-state index contributed by atoms with van der Waals surface area (Å²) in [6.45, 7) is 4.21. The Labute approximate surface area is 101 Å². The second-order valence-electron chi connectivity index (χ2n) is 4.49. The number of hydrogen-bond acceptors (Lipinski definition) is 2. The Balaban J connectivity index is 1.92. The maximum atomic E-state index is 4.31. The molecule has 88 valence electrons. The zero-order valence-corrected chi connectivity index (χ0v) is 10.1. The highest BCUT2D eigenvalue weighted by atomic mass is 15.2. The van der Waals surface area contributed by atoms with Gasteiger partial charge in [-0.2, -0.15) is 0 Å². The normalized spacial score (nSPS) is 14.1. The van der Waals surface area contributed by atoms with E-state index in [0.29, 0.717) is 0 Å². The van der Waals surface area contributed by atoms with Crippen molar-refractivity contribution in [1.82, 2.24) is 9.97 Å². The molecule has 3 rings (SSSR count). The number of nitrogens with one attached hydrogen (secondary N) is 1. The van der Waals surface area contributed by atoms with E-state index in [1.54, 1.807) is 0 Å². The van der Waals surface area contributed by atoms with Crippen molar-refractivity contribution < 1.29 is 0 Å². The van der Waals surface area contributed by atoms with Gasteiger partial charge in [-0.1, -0.05) is 25.1 Å². The van der Waals surface area contributed by atoms with Gasteiger partial charge in [-0.25, -0.2) is 4.98 Å². The van der Waals surface area contributed by atoms with Gasteiger partial charge in [0.1, 0.15) is 5.82 Å². The molecule has 1 aliphatic heterocycles. The van der Waals surface area contributed by atoms with E-state index in [2.05, 4.69) is 40.0 Å². The Morgan fingerprint density at radius 2 is 2.35 bits per heavy atom. The molecule has 0 atom stereocenters. The smallest absolute Gasteiger partial charge is 0.125 e. The third-order valence-electron chi connectivity index (χ3n) is 3.45. The molecule has 1 N–H and O–H groups in total. The van der Waals surface area contributed by atoms with E-state index in [9.17, 15) is 0 Å². The summed E-state index contributed by atoms with van der Waals surface area (Å²) in [7, 11) is 0. The zero-order valence-electron chi connectivity index (χ0n) is 10.1. The molecule has 0 bridgehead atoms. The number of hydrogen-bond donors (Lipinski definition) is 1. The molecular formula is C14H17N3. The quantitative estimate of drug-likeness (QED) is 0.873. The van der Waals surface area contributed by atoms with Crippen molar-refractivity contribution in [2.45, 2.75) is 26.3 Å². The van der Waals surface area contributed by atoms with Gasteiger partial charge < -0.3 is 9.88 Å².